The van der Waals surface area contributed by atoms with Crippen LogP contribution in [-0.2, 0) is 0 Å². The minimum Gasteiger partial charge on any atom is -0.387 e. The Bertz CT molecular complexity index is 305. The van der Waals surface area contributed by atoms with Crippen LogP contribution < -0.4 is 10.6 Å². The summed E-state index contributed by atoms with van der Waals surface area (Å²) >= 11 is 0. The second kappa shape index (κ2) is 2.91. The van der Waals surface area contributed by atoms with E-state index in [4.69, 9.17) is 0 Å². The first-order chi connectivity index (χ1) is 6.22. The van der Waals surface area contributed by atoms with Gasteiger partial charge in [-0.3, -0.25) is 4.98 Å². The average Bonchev–Trinajstić information content (AvgIpc) is 2.84. The molecule has 13 heavy (non-hydrogen) atoms. The van der Waals surface area contributed by atoms with E-state index in [1.54, 1.807) is 0 Å². The molecule has 1 aromatic heterocycles. The molecular weight excluding hydrogens is 162 g/mol. The molecule has 1 aliphatic rings. The van der Waals surface area contributed by atoms with Crippen LogP contribution in [0.2, 0.25) is 0 Å². The van der Waals surface area contributed by atoms with E-state index in [1.807, 2.05) is 19.4 Å². The van der Waals surface area contributed by atoms with Crippen LogP contribution in [0.5, 0.6) is 0 Å². The predicted molar refractivity (Wildman–Crippen MR) is 55.0 cm³/mol. The molecule has 0 aliphatic heterocycles. The largest absolute Gasteiger partial charge is 0.387 e. The first kappa shape index (κ1) is 8.35. The van der Waals surface area contributed by atoms with Crippen molar-refractivity contribution in [3.05, 3.63) is 18.5 Å². The molecule has 3 heteroatoms. The van der Waals surface area contributed by atoms with Crippen LogP contribution in [0.4, 0.5) is 11.4 Å². The summed E-state index contributed by atoms with van der Waals surface area (Å²) < 4.78 is 0. The Morgan fingerprint density at radius 1 is 1.31 bits per heavy atom. The molecule has 3 nitrogen and oxygen atoms in total. The lowest BCUT2D eigenvalue weighted by Gasteiger charge is -2.13. The standard InChI is InChI=1S/C10H15N3/c1-10(3-4-10)13-9-5-8(11-2)6-12-7-9/h5-7,11,13H,3-4H2,1-2H3. The lowest BCUT2D eigenvalue weighted by Crippen LogP contribution is -2.15. The quantitative estimate of drug-likeness (QED) is 0.742. The van der Waals surface area contributed by atoms with Gasteiger partial charge in [0.05, 0.1) is 23.8 Å². The van der Waals surface area contributed by atoms with Crippen LogP contribution >= 0.6 is 0 Å². The minimum atomic E-state index is 0.327. The number of aromatic nitrogens is 1. The fourth-order valence-electron chi connectivity index (χ4n) is 1.31. The van der Waals surface area contributed by atoms with Gasteiger partial charge >= 0.3 is 0 Å². The smallest absolute Gasteiger partial charge is 0.0551 e. The van der Waals surface area contributed by atoms with Crippen LogP contribution in [0, 0.1) is 0 Å². The van der Waals surface area contributed by atoms with Crippen molar-refractivity contribution in [2.24, 2.45) is 0 Å². The Kier molecular flexibility index (Phi) is 1.87. The monoisotopic (exact) mass is 177 g/mol. The summed E-state index contributed by atoms with van der Waals surface area (Å²) in [5.74, 6) is 0. The second-order valence-electron chi connectivity index (χ2n) is 3.90. The van der Waals surface area contributed by atoms with Gasteiger partial charge in [-0.15, -0.1) is 0 Å². The summed E-state index contributed by atoms with van der Waals surface area (Å²) in [6.45, 7) is 2.24. The van der Waals surface area contributed by atoms with Crippen LogP contribution in [0.25, 0.3) is 0 Å². The van der Waals surface area contributed by atoms with E-state index in [9.17, 15) is 0 Å². The summed E-state index contributed by atoms with van der Waals surface area (Å²) in [6.07, 6.45) is 6.21. The zero-order valence-corrected chi connectivity index (χ0v) is 8.09. The SMILES string of the molecule is CNc1cncc(NC2(C)CC2)c1. The van der Waals surface area contributed by atoms with Gasteiger partial charge in [0.15, 0.2) is 0 Å². The van der Waals surface area contributed by atoms with E-state index in [1.165, 1.54) is 12.8 Å². The van der Waals surface area contributed by atoms with Crippen molar-refractivity contribution in [3.8, 4) is 0 Å². The molecule has 1 fully saturated rings. The summed E-state index contributed by atoms with van der Waals surface area (Å²) in [5, 5.41) is 6.54. The van der Waals surface area contributed by atoms with Crippen molar-refractivity contribution in [1.82, 2.24) is 4.98 Å². The summed E-state index contributed by atoms with van der Waals surface area (Å²) in [4.78, 5) is 4.14. The molecule has 1 heterocycles. The van der Waals surface area contributed by atoms with Gasteiger partial charge in [0.25, 0.3) is 0 Å². The topological polar surface area (TPSA) is 37.0 Å². The fraction of sp³-hybridized carbons (Fsp3) is 0.500. The van der Waals surface area contributed by atoms with Gasteiger partial charge in [-0.05, 0) is 25.8 Å². The molecule has 0 amide bonds. The predicted octanol–water partition coefficient (Wildman–Crippen LogP) is 2.09. The molecule has 1 aromatic rings. The summed E-state index contributed by atoms with van der Waals surface area (Å²) in [7, 11) is 1.90. The minimum absolute atomic E-state index is 0.327. The summed E-state index contributed by atoms with van der Waals surface area (Å²) in [5.41, 5.74) is 2.48. The van der Waals surface area contributed by atoms with Crippen molar-refractivity contribution in [1.29, 1.82) is 0 Å². The highest BCUT2D eigenvalue weighted by atomic mass is 15.0. The Labute approximate surface area is 78.6 Å². The van der Waals surface area contributed by atoms with Crippen LogP contribution in [0.1, 0.15) is 19.8 Å². The van der Waals surface area contributed by atoms with E-state index in [0.717, 1.165) is 11.4 Å². The third-order valence-corrected chi connectivity index (χ3v) is 2.47. The Hall–Kier alpha value is -1.25. The number of nitrogens with zero attached hydrogens (tertiary/aromatic N) is 1. The number of hydrogen-bond acceptors (Lipinski definition) is 3. The number of hydrogen-bond donors (Lipinski definition) is 2. The zero-order chi connectivity index (χ0) is 9.31. The molecule has 0 unspecified atom stereocenters. The van der Waals surface area contributed by atoms with Crippen molar-refractivity contribution < 1.29 is 0 Å². The molecule has 1 saturated carbocycles. The second-order valence-corrected chi connectivity index (χ2v) is 3.90. The van der Waals surface area contributed by atoms with Gasteiger partial charge in [-0.2, -0.15) is 0 Å². The molecule has 0 atom stereocenters. The maximum atomic E-state index is 4.14. The highest BCUT2D eigenvalue weighted by molar-refractivity contribution is 5.55. The maximum Gasteiger partial charge on any atom is 0.0551 e. The molecular formula is C10H15N3. The third kappa shape index (κ3) is 1.91. The van der Waals surface area contributed by atoms with Gasteiger partial charge < -0.3 is 10.6 Å². The van der Waals surface area contributed by atoms with Gasteiger partial charge in [-0.1, -0.05) is 0 Å². The maximum absolute atomic E-state index is 4.14. The number of pyridine rings is 1. The Balaban J connectivity index is 2.11. The molecule has 0 spiro atoms. The number of rotatable bonds is 3. The van der Waals surface area contributed by atoms with E-state index in [0.29, 0.717) is 5.54 Å². The van der Waals surface area contributed by atoms with E-state index < -0.39 is 0 Å². The molecule has 2 rings (SSSR count). The van der Waals surface area contributed by atoms with E-state index >= 15 is 0 Å². The van der Waals surface area contributed by atoms with E-state index in [-0.39, 0.29) is 0 Å². The lowest BCUT2D eigenvalue weighted by atomic mass is 10.3. The number of nitrogens with one attached hydrogen (secondary N) is 2. The van der Waals surface area contributed by atoms with Crippen molar-refractivity contribution >= 4 is 11.4 Å². The van der Waals surface area contributed by atoms with Crippen LogP contribution in [0.3, 0.4) is 0 Å². The molecule has 0 bridgehead atoms. The lowest BCUT2D eigenvalue weighted by molar-refractivity contribution is 0.828. The molecule has 1 aliphatic carbocycles. The molecule has 0 saturated heterocycles. The molecule has 70 valence electrons. The first-order valence-corrected chi connectivity index (χ1v) is 4.63. The molecule has 2 N–H and O–H groups in total. The highest BCUT2D eigenvalue weighted by Gasteiger charge is 2.36. The van der Waals surface area contributed by atoms with Crippen molar-refractivity contribution in [3.63, 3.8) is 0 Å². The van der Waals surface area contributed by atoms with Crippen LogP contribution in [-0.4, -0.2) is 17.6 Å². The molecule has 0 radical (unpaired) electrons. The molecule has 0 aromatic carbocycles. The van der Waals surface area contributed by atoms with Gasteiger partial charge in [-0.25, -0.2) is 0 Å². The van der Waals surface area contributed by atoms with Gasteiger partial charge in [0.2, 0.25) is 0 Å². The van der Waals surface area contributed by atoms with Gasteiger partial charge in [0, 0.05) is 12.6 Å². The van der Waals surface area contributed by atoms with Crippen LogP contribution in [0.15, 0.2) is 18.5 Å². The Morgan fingerprint density at radius 3 is 2.62 bits per heavy atom. The zero-order valence-electron chi connectivity index (χ0n) is 8.09. The Morgan fingerprint density at radius 2 is 2.00 bits per heavy atom. The van der Waals surface area contributed by atoms with Crippen molar-refractivity contribution in [2.45, 2.75) is 25.3 Å². The van der Waals surface area contributed by atoms with Gasteiger partial charge in [0.1, 0.15) is 0 Å². The third-order valence-electron chi connectivity index (χ3n) is 2.47. The first-order valence-electron chi connectivity index (χ1n) is 4.63. The highest BCUT2D eigenvalue weighted by Crippen LogP contribution is 2.38. The van der Waals surface area contributed by atoms with E-state index in [2.05, 4.69) is 28.6 Å². The average molecular weight is 177 g/mol. The normalized spacial score (nSPS) is 18.0. The fourth-order valence-corrected chi connectivity index (χ4v) is 1.31. The number of anilines is 2. The summed E-state index contributed by atoms with van der Waals surface area (Å²) in [6, 6.07) is 2.08. The van der Waals surface area contributed by atoms with Crippen molar-refractivity contribution in [2.75, 3.05) is 17.7 Å².